The number of ketones is 2. The predicted molar refractivity (Wildman–Crippen MR) is 148 cm³/mol. The maximum atomic E-state index is 14.2. The first-order chi connectivity index (χ1) is 18.6. The normalized spacial score (nSPS) is 40.1. The van der Waals surface area contributed by atoms with Crippen molar-refractivity contribution in [2.24, 2.45) is 29.1 Å². The van der Waals surface area contributed by atoms with Crippen LogP contribution in [-0.2, 0) is 25.5 Å². The Morgan fingerprint density at radius 2 is 1.90 bits per heavy atom. The Bertz CT molecular complexity index is 1450. The van der Waals surface area contributed by atoms with Gasteiger partial charge in [0, 0.05) is 35.0 Å². The van der Waals surface area contributed by atoms with Gasteiger partial charge in [0.15, 0.2) is 11.6 Å². The Kier molecular flexibility index (Phi) is 6.08. The smallest absolute Gasteiger partial charge is 0.235 e. The third kappa shape index (κ3) is 3.81. The zero-order chi connectivity index (χ0) is 27.7. The molecule has 3 fully saturated rings. The SMILES string of the molecule is CC1=C[C@H](C)CC=C[C@H]2[C@@H]3O[C@]3(C)[C@H](C)[C@@H]3[C@@H](Cc4c[nH]c5ccccc45)NC(=O)[C@@]32C(=O)C=CC(=O)[C@@H]1O. The van der Waals surface area contributed by atoms with E-state index in [1.54, 1.807) is 6.92 Å². The first kappa shape index (κ1) is 26.0. The molecule has 0 unspecified atom stereocenters. The van der Waals surface area contributed by atoms with Gasteiger partial charge in [-0.2, -0.15) is 0 Å². The lowest BCUT2D eigenvalue weighted by molar-refractivity contribution is -0.145. The highest BCUT2D eigenvalue weighted by Crippen LogP contribution is 2.66. The van der Waals surface area contributed by atoms with Crippen LogP contribution in [0.3, 0.4) is 0 Å². The van der Waals surface area contributed by atoms with Gasteiger partial charge in [0.05, 0.1) is 11.7 Å². The van der Waals surface area contributed by atoms with Gasteiger partial charge < -0.3 is 20.1 Å². The lowest BCUT2D eigenvalue weighted by Crippen LogP contribution is -2.58. The molecule has 3 N–H and O–H groups in total. The van der Waals surface area contributed by atoms with Gasteiger partial charge >= 0.3 is 0 Å². The fraction of sp³-hybridized carbons (Fsp3) is 0.469. The van der Waals surface area contributed by atoms with E-state index < -0.39 is 34.6 Å². The second kappa shape index (κ2) is 9.14. The molecule has 7 nitrogen and oxygen atoms in total. The molecule has 204 valence electrons. The number of hydrogen-bond donors (Lipinski definition) is 3. The first-order valence-corrected chi connectivity index (χ1v) is 13.9. The van der Waals surface area contributed by atoms with E-state index in [4.69, 9.17) is 4.74 Å². The van der Waals surface area contributed by atoms with E-state index >= 15 is 0 Å². The van der Waals surface area contributed by atoms with Crippen LogP contribution in [0.2, 0.25) is 0 Å². The summed E-state index contributed by atoms with van der Waals surface area (Å²) in [6, 6.07) is 7.77. The average Bonchev–Trinajstić information content (AvgIpc) is 3.31. The van der Waals surface area contributed by atoms with Crippen LogP contribution in [0.4, 0.5) is 0 Å². The zero-order valence-corrected chi connectivity index (χ0v) is 22.8. The third-order valence-electron chi connectivity index (χ3n) is 9.86. The van der Waals surface area contributed by atoms with E-state index in [9.17, 15) is 19.5 Å². The number of aliphatic hydroxyl groups is 1. The molecule has 2 saturated heterocycles. The summed E-state index contributed by atoms with van der Waals surface area (Å²) in [5.41, 5.74) is 0.805. The van der Waals surface area contributed by atoms with Crippen LogP contribution >= 0.6 is 0 Å². The lowest BCUT2D eigenvalue weighted by atomic mass is 9.51. The summed E-state index contributed by atoms with van der Waals surface area (Å²) in [4.78, 5) is 44.5. The molecule has 7 heteroatoms. The number of rotatable bonds is 2. The number of fused-ring (bicyclic) bond motifs is 3. The summed E-state index contributed by atoms with van der Waals surface area (Å²) < 4.78 is 6.33. The van der Waals surface area contributed by atoms with Crippen LogP contribution in [-0.4, -0.2) is 51.4 Å². The van der Waals surface area contributed by atoms with Gasteiger partial charge in [0.25, 0.3) is 0 Å². The number of aromatic nitrogens is 1. The molecular weight excluding hydrogens is 492 g/mol. The molecule has 0 radical (unpaired) electrons. The van der Waals surface area contributed by atoms with E-state index in [1.807, 2.05) is 49.5 Å². The molecular formula is C32H36N2O5. The molecule has 1 aromatic heterocycles. The number of aliphatic hydroxyl groups excluding tert-OH is 1. The van der Waals surface area contributed by atoms with Crippen molar-refractivity contribution in [3.63, 3.8) is 0 Å². The second-order valence-electron chi connectivity index (χ2n) is 12.1. The van der Waals surface area contributed by atoms with Gasteiger partial charge in [-0.15, -0.1) is 0 Å². The van der Waals surface area contributed by atoms with Crippen molar-refractivity contribution in [1.82, 2.24) is 10.3 Å². The van der Waals surface area contributed by atoms with Crippen LogP contribution in [0.5, 0.6) is 0 Å². The highest BCUT2D eigenvalue weighted by Gasteiger charge is 2.78. The van der Waals surface area contributed by atoms with E-state index in [1.165, 1.54) is 6.08 Å². The first-order valence-electron chi connectivity index (χ1n) is 13.9. The molecule has 4 aliphatic rings. The Morgan fingerprint density at radius 3 is 2.69 bits per heavy atom. The van der Waals surface area contributed by atoms with Gasteiger partial charge in [-0.3, -0.25) is 14.4 Å². The number of ether oxygens (including phenoxy) is 1. The van der Waals surface area contributed by atoms with E-state index in [0.717, 1.165) is 22.5 Å². The molecule has 2 aliphatic heterocycles. The number of H-pyrrole nitrogens is 1. The fourth-order valence-electron chi connectivity index (χ4n) is 7.66. The molecule has 1 saturated carbocycles. The number of amides is 1. The maximum absolute atomic E-state index is 14.2. The van der Waals surface area contributed by atoms with Crippen LogP contribution in [0.1, 0.15) is 39.7 Å². The van der Waals surface area contributed by atoms with Crippen molar-refractivity contribution in [1.29, 1.82) is 0 Å². The summed E-state index contributed by atoms with van der Waals surface area (Å²) in [5, 5.41) is 14.9. The Labute approximate surface area is 228 Å². The highest BCUT2D eigenvalue weighted by atomic mass is 16.6. The fourth-order valence-corrected chi connectivity index (χ4v) is 7.66. The molecule has 2 aliphatic carbocycles. The monoisotopic (exact) mass is 528 g/mol. The number of nitrogens with one attached hydrogen (secondary N) is 2. The summed E-state index contributed by atoms with van der Waals surface area (Å²) in [7, 11) is 0. The number of benzene rings is 1. The topological polar surface area (TPSA) is 112 Å². The summed E-state index contributed by atoms with van der Waals surface area (Å²) >= 11 is 0. The predicted octanol–water partition coefficient (Wildman–Crippen LogP) is 3.83. The second-order valence-corrected chi connectivity index (χ2v) is 12.1. The van der Waals surface area contributed by atoms with Gasteiger partial charge in [0.2, 0.25) is 5.91 Å². The summed E-state index contributed by atoms with van der Waals surface area (Å²) in [6.07, 6.45) is 9.89. The zero-order valence-electron chi connectivity index (χ0n) is 22.8. The Morgan fingerprint density at radius 1 is 1.13 bits per heavy atom. The van der Waals surface area contributed by atoms with Crippen molar-refractivity contribution in [2.45, 2.75) is 64.4 Å². The minimum atomic E-state index is -1.41. The average molecular weight is 529 g/mol. The van der Waals surface area contributed by atoms with Gasteiger partial charge in [0.1, 0.15) is 11.5 Å². The molecule has 3 heterocycles. The Balaban J connectivity index is 1.46. The molecule has 39 heavy (non-hydrogen) atoms. The molecule has 9 atom stereocenters. The third-order valence-corrected chi connectivity index (χ3v) is 9.86. The summed E-state index contributed by atoms with van der Waals surface area (Å²) in [5.74, 6) is -2.11. The quantitative estimate of drug-likeness (QED) is 0.312. The Hall–Kier alpha value is -3.29. The van der Waals surface area contributed by atoms with Crippen LogP contribution in [0.15, 0.2) is 66.4 Å². The molecule has 1 amide bonds. The number of epoxide rings is 1. The summed E-state index contributed by atoms with van der Waals surface area (Å²) in [6.45, 7) is 7.90. The van der Waals surface area contributed by atoms with Gasteiger partial charge in [-0.05, 0) is 67.9 Å². The van der Waals surface area contributed by atoms with Crippen molar-refractivity contribution in [2.75, 3.05) is 0 Å². The molecule has 2 aromatic rings. The number of carbonyl (C=O) groups is 3. The molecule has 1 spiro atoms. The van der Waals surface area contributed by atoms with Crippen molar-refractivity contribution < 1.29 is 24.2 Å². The minimum Gasteiger partial charge on any atom is -0.381 e. The minimum absolute atomic E-state index is 0.0666. The number of allylic oxidation sites excluding steroid dienone is 3. The van der Waals surface area contributed by atoms with Crippen LogP contribution in [0, 0.1) is 29.1 Å². The van der Waals surface area contributed by atoms with Crippen molar-refractivity contribution in [3.05, 3.63) is 72.0 Å². The van der Waals surface area contributed by atoms with Gasteiger partial charge in [-0.1, -0.05) is 50.3 Å². The molecule has 0 bridgehead atoms. The largest absolute Gasteiger partial charge is 0.381 e. The number of para-hydroxylation sites is 1. The molecule has 6 rings (SSSR count). The van der Waals surface area contributed by atoms with E-state index in [-0.39, 0.29) is 35.8 Å². The molecule has 1 aromatic carbocycles. The van der Waals surface area contributed by atoms with Crippen LogP contribution in [0.25, 0.3) is 10.9 Å². The number of hydrogen-bond acceptors (Lipinski definition) is 5. The highest BCUT2D eigenvalue weighted by molar-refractivity contribution is 6.15. The van der Waals surface area contributed by atoms with Gasteiger partial charge in [-0.25, -0.2) is 0 Å². The van der Waals surface area contributed by atoms with Crippen LogP contribution < -0.4 is 5.32 Å². The van der Waals surface area contributed by atoms with E-state index in [0.29, 0.717) is 18.4 Å². The van der Waals surface area contributed by atoms with E-state index in [2.05, 4.69) is 30.2 Å². The van der Waals surface area contributed by atoms with Crippen molar-refractivity contribution in [3.8, 4) is 0 Å². The van der Waals surface area contributed by atoms with Crippen molar-refractivity contribution >= 4 is 28.4 Å². The number of carbonyl (C=O) groups excluding carboxylic acids is 3. The lowest BCUT2D eigenvalue weighted by Gasteiger charge is -2.45. The number of aromatic amines is 1. The standard InChI is InChI=1S/C32H36N2O5/c1-17-8-7-10-22-29-31(4,39-29)19(3)27-24(15-20-16-33-23-11-6-5-9-21(20)23)34-30(38)32(22,27)26(36)13-12-25(35)28(37)18(2)14-17/h5-7,9-14,16-17,19,22,24,27-29,33,37H,8,15H2,1-4H3,(H,34,38)/t17-,19-,22+,24-,27-,28-,29+,31-,32+/m1/s1. The maximum Gasteiger partial charge on any atom is 0.235 e.